The van der Waals surface area contributed by atoms with Crippen LogP contribution in [-0.4, -0.2) is 20.6 Å². The van der Waals surface area contributed by atoms with Crippen molar-refractivity contribution >= 4 is 53.8 Å². The molecule has 0 aliphatic heterocycles. The van der Waals surface area contributed by atoms with Gasteiger partial charge < -0.3 is 4.74 Å². The molecule has 2 nitrogen and oxygen atoms in total. The van der Waals surface area contributed by atoms with E-state index in [2.05, 4.69) is 61.6 Å². The predicted molar refractivity (Wildman–Crippen MR) is 83.5 cm³/mol. The molecule has 0 amide bonds. The van der Waals surface area contributed by atoms with E-state index in [1.54, 1.807) is 0 Å². The molecule has 3 aliphatic carbocycles. The van der Waals surface area contributed by atoms with E-state index in [-0.39, 0.29) is 36.9 Å². The third kappa shape index (κ3) is 1.47. The number of rotatable bonds is 3. The summed E-state index contributed by atoms with van der Waals surface area (Å²) in [4.78, 5) is 12.7. The second-order valence-corrected chi connectivity index (χ2v) is 10.2. The molecule has 3 saturated carbocycles. The second-order valence-electron chi connectivity index (χ2n) is 6.25. The summed E-state index contributed by atoms with van der Waals surface area (Å²) >= 11 is 11.1. The Morgan fingerprint density at radius 3 is 2.17 bits per heavy atom. The first-order chi connectivity index (χ1) is 8.14. The van der Waals surface area contributed by atoms with Crippen LogP contribution in [0.3, 0.4) is 0 Å². The van der Waals surface area contributed by atoms with Crippen molar-refractivity contribution in [1.82, 2.24) is 0 Å². The third-order valence-corrected chi connectivity index (χ3v) is 8.43. The topological polar surface area (TPSA) is 26.3 Å². The van der Waals surface area contributed by atoms with Crippen molar-refractivity contribution in [2.24, 2.45) is 16.2 Å². The van der Waals surface area contributed by atoms with Crippen LogP contribution in [0, 0.1) is 16.2 Å². The molecule has 3 unspecified atom stereocenters. The van der Waals surface area contributed by atoms with Crippen LogP contribution in [0.25, 0.3) is 0 Å². The quantitative estimate of drug-likeness (QED) is 0.467. The van der Waals surface area contributed by atoms with Gasteiger partial charge in [-0.25, -0.2) is 0 Å². The molecule has 2 bridgehead atoms. The van der Waals surface area contributed by atoms with Crippen LogP contribution >= 0.6 is 47.8 Å². The zero-order valence-electron chi connectivity index (χ0n) is 11.1. The van der Waals surface area contributed by atoms with Gasteiger partial charge in [-0.2, -0.15) is 0 Å². The molecule has 0 heterocycles. The molecule has 0 spiro atoms. The van der Waals surface area contributed by atoms with Gasteiger partial charge in [0.25, 0.3) is 0 Å². The molecule has 0 N–H and O–H groups in total. The van der Waals surface area contributed by atoms with E-state index >= 15 is 0 Å². The molecule has 3 aliphatic rings. The monoisotopic (exact) mass is 444 g/mol. The number of alkyl halides is 3. The lowest BCUT2D eigenvalue weighted by molar-refractivity contribution is -0.190. The lowest BCUT2D eigenvalue weighted by atomic mass is 9.43. The van der Waals surface area contributed by atoms with Crippen molar-refractivity contribution in [3.63, 3.8) is 0 Å². The van der Waals surface area contributed by atoms with Crippen LogP contribution in [0.5, 0.6) is 0 Å². The van der Waals surface area contributed by atoms with Gasteiger partial charge in [0.2, 0.25) is 0 Å². The second kappa shape index (κ2) is 4.45. The van der Waals surface area contributed by atoms with Gasteiger partial charge in [0.15, 0.2) is 0 Å². The van der Waals surface area contributed by atoms with Gasteiger partial charge in [0.05, 0.1) is 15.3 Å². The van der Waals surface area contributed by atoms with Crippen LogP contribution in [0.4, 0.5) is 0 Å². The number of halogens is 3. The van der Waals surface area contributed by atoms with Gasteiger partial charge in [-0.3, -0.25) is 4.79 Å². The Morgan fingerprint density at radius 2 is 1.83 bits per heavy atom. The maximum atomic E-state index is 12.5. The molecular formula is C13H19Br3O2. The molecule has 0 aromatic heterocycles. The Balaban J connectivity index is 2.36. The van der Waals surface area contributed by atoms with Gasteiger partial charge >= 0.3 is 5.97 Å². The zero-order valence-corrected chi connectivity index (χ0v) is 15.9. The van der Waals surface area contributed by atoms with E-state index in [9.17, 15) is 4.79 Å². The highest BCUT2D eigenvalue weighted by Gasteiger charge is 2.84. The van der Waals surface area contributed by atoms with Crippen LogP contribution in [0.15, 0.2) is 0 Å². The number of esters is 1. The molecule has 3 fully saturated rings. The summed E-state index contributed by atoms with van der Waals surface area (Å²) in [5, 5.41) is 0. The van der Waals surface area contributed by atoms with E-state index in [1.807, 2.05) is 13.8 Å². The number of hydrogen-bond donors (Lipinski definition) is 0. The van der Waals surface area contributed by atoms with Gasteiger partial charge in [0.1, 0.15) is 0 Å². The van der Waals surface area contributed by atoms with Crippen LogP contribution in [0.2, 0.25) is 0 Å². The number of fused-ring (bicyclic) bond motifs is 1. The number of carbonyl (C=O) groups excluding carboxylic acids is 1. The van der Waals surface area contributed by atoms with E-state index in [0.717, 1.165) is 12.8 Å². The first kappa shape index (κ1) is 15.3. The highest BCUT2D eigenvalue weighted by molar-refractivity contribution is 9.24. The Hall–Kier alpha value is 0.910. The molecule has 18 heavy (non-hydrogen) atoms. The molecule has 104 valence electrons. The van der Waals surface area contributed by atoms with Crippen molar-refractivity contribution in [2.75, 3.05) is 0 Å². The normalized spacial score (nSPS) is 41.1. The predicted octanol–water partition coefficient (Wildman–Crippen LogP) is 4.62. The van der Waals surface area contributed by atoms with Gasteiger partial charge in [-0.05, 0) is 32.1 Å². The van der Waals surface area contributed by atoms with E-state index < -0.39 is 0 Å². The summed E-state index contributed by atoms with van der Waals surface area (Å²) in [6.07, 6.45) is 1.88. The molecular weight excluding hydrogens is 428 g/mol. The van der Waals surface area contributed by atoms with Gasteiger partial charge in [-0.15, -0.1) is 0 Å². The largest absolute Gasteiger partial charge is 0.462 e. The fraction of sp³-hybridized carbons (Fsp3) is 0.923. The highest BCUT2D eigenvalue weighted by Crippen LogP contribution is 2.82. The van der Waals surface area contributed by atoms with E-state index in [1.165, 1.54) is 0 Å². The Kier molecular flexibility index (Phi) is 3.79. The van der Waals surface area contributed by atoms with Crippen molar-refractivity contribution in [3.05, 3.63) is 0 Å². The maximum absolute atomic E-state index is 12.5. The summed E-state index contributed by atoms with van der Waals surface area (Å²) in [7, 11) is 0. The summed E-state index contributed by atoms with van der Waals surface area (Å²) < 4.78 is 5.71. The number of carbonyl (C=O) groups is 1. The Bertz CT molecular complexity index is 380. The lowest BCUT2D eigenvalue weighted by Crippen LogP contribution is -2.70. The van der Waals surface area contributed by atoms with Crippen molar-refractivity contribution in [2.45, 2.75) is 55.2 Å². The standard InChI is InChI=1S/C13H19Br3O2/c1-7(2)18-10(17)13-6-5-12(8(13)14,9(15)16)11(13,3)4/h7-9H,5-6H2,1-4H3. The Labute approximate surface area is 134 Å². The third-order valence-electron chi connectivity index (χ3n) is 5.19. The molecule has 5 heteroatoms. The Morgan fingerprint density at radius 1 is 1.28 bits per heavy atom. The summed E-state index contributed by atoms with van der Waals surface area (Å²) in [5.41, 5.74) is -0.377. The zero-order chi connectivity index (χ0) is 13.9. The summed E-state index contributed by atoms with van der Waals surface area (Å²) in [6.45, 7) is 8.19. The molecule has 0 aromatic carbocycles. The van der Waals surface area contributed by atoms with Crippen LogP contribution in [-0.2, 0) is 9.53 Å². The highest BCUT2D eigenvalue weighted by atomic mass is 79.9. The molecule has 3 atom stereocenters. The summed E-state index contributed by atoms with van der Waals surface area (Å²) in [5.74, 6) is -0.0434. The van der Waals surface area contributed by atoms with Gasteiger partial charge in [-0.1, -0.05) is 61.6 Å². The van der Waals surface area contributed by atoms with Crippen LogP contribution < -0.4 is 0 Å². The minimum atomic E-state index is -0.378. The average molecular weight is 447 g/mol. The van der Waals surface area contributed by atoms with E-state index in [0.29, 0.717) is 0 Å². The fourth-order valence-corrected chi connectivity index (χ4v) is 8.86. The molecule has 0 aromatic rings. The minimum absolute atomic E-state index is 0.0434. The maximum Gasteiger partial charge on any atom is 0.314 e. The first-order valence-corrected chi connectivity index (χ1v) is 9.02. The number of ether oxygens (including phenoxy) is 1. The van der Waals surface area contributed by atoms with Crippen molar-refractivity contribution in [3.8, 4) is 0 Å². The number of hydrogen-bond acceptors (Lipinski definition) is 2. The van der Waals surface area contributed by atoms with Crippen molar-refractivity contribution < 1.29 is 9.53 Å². The molecule has 0 radical (unpaired) electrons. The minimum Gasteiger partial charge on any atom is -0.462 e. The first-order valence-electron chi connectivity index (χ1n) is 6.28. The molecule has 3 rings (SSSR count). The smallest absolute Gasteiger partial charge is 0.314 e. The fourth-order valence-electron chi connectivity index (χ4n) is 3.97. The van der Waals surface area contributed by atoms with Gasteiger partial charge in [0, 0.05) is 10.2 Å². The van der Waals surface area contributed by atoms with Crippen molar-refractivity contribution in [1.29, 1.82) is 0 Å². The summed E-state index contributed by atoms with van der Waals surface area (Å²) in [6, 6.07) is 0. The average Bonchev–Trinajstić information content (AvgIpc) is 2.66. The lowest BCUT2D eigenvalue weighted by Gasteiger charge is -2.65. The molecule has 0 saturated heterocycles. The van der Waals surface area contributed by atoms with E-state index in [4.69, 9.17) is 4.74 Å². The SMILES string of the molecule is CC(C)OC(=O)C12CCC(C(Br)Br)(C1Br)C2(C)C. The van der Waals surface area contributed by atoms with Crippen LogP contribution in [0.1, 0.15) is 40.5 Å².